The maximum atomic E-state index is 10.7. The summed E-state index contributed by atoms with van der Waals surface area (Å²) < 4.78 is 5.63. The first-order valence-corrected chi connectivity index (χ1v) is 6.19. The van der Waals surface area contributed by atoms with E-state index in [-0.39, 0.29) is 11.7 Å². The van der Waals surface area contributed by atoms with Crippen LogP contribution in [-0.2, 0) is 0 Å². The maximum Gasteiger partial charge on any atom is 0.298 e. The minimum absolute atomic E-state index is 0.0164. The first-order valence-electron chi connectivity index (χ1n) is 6.19. The first-order chi connectivity index (χ1) is 9.13. The third kappa shape index (κ3) is 2.24. The van der Waals surface area contributed by atoms with E-state index >= 15 is 0 Å². The molecule has 1 aromatic carbocycles. The Hall–Kier alpha value is -2.15. The van der Waals surface area contributed by atoms with Gasteiger partial charge in [-0.2, -0.15) is 4.98 Å². The standard InChI is InChI=1S/C12H14N4O3/c13-8-2-1-5-15(7-8)12-14-10-6-9(16(17)18)3-4-11(10)19-12/h3-4,6,8H,1-2,5,7,13H2/t8-/m1/s1. The number of hydrogen-bond donors (Lipinski definition) is 1. The number of anilines is 1. The van der Waals surface area contributed by atoms with Gasteiger partial charge < -0.3 is 15.1 Å². The van der Waals surface area contributed by atoms with Gasteiger partial charge in [-0.25, -0.2) is 0 Å². The molecule has 1 aliphatic rings. The maximum absolute atomic E-state index is 10.7. The lowest BCUT2D eigenvalue weighted by Gasteiger charge is -2.29. The summed E-state index contributed by atoms with van der Waals surface area (Å²) in [4.78, 5) is 16.6. The molecule has 0 aliphatic carbocycles. The van der Waals surface area contributed by atoms with E-state index in [0.29, 0.717) is 23.7 Å². The molecule has 2 heterocycles. The second-order valence-corrected chi connectivity index (χ2v) is 4.75. The molecule has 19 heavy (non-hydrogen) atoms. The SMILES string of the molecule is N[C@@H]1CCCN(c2nc3cc([N+](=O)[O-])ccc3o2)C1. The van der Waals surface area contributed by atoms with Crippen LogP contribution in [0.25, 0.3) is 11.1 Å². The molecular formula is C12H14N4O3. The smallest absolute Gasteiger partial charge is 0.298 e. The minimum atomic E-state index is -0.440. The highest BCUT2D eigenvalue weighted by Crippen LogP contribution is 2.26. The summed E-state index contributed by atoms with van der Waals surface area (Å²) in [5, 5.41) is 10.7. The number of non-ortho nitro benzene ring substituents is 1. The highest BCUT2D eigenvalue weighted by molar-refractivity contribution is 5.77. The van der Waals surface area contributed by atoms with Gasteiger partial charge in [0.05, 0.1) is 4.92 Å². The number of nitro groups is 1. The molecule has 3 rings (SSSR count). The van der Waals surface area contributed by atoms with Crippen molar-refractivity contribution in [3.05, 3.63) is 28.3 Å². The number of hydrogen-bond acceptors (Lipinski definition) is 6. The van der Waals surface area contributed by atoms with Gasteiger partial charge in [0, 0.05) is 31.3 Å². The van der Waals surface area contributed by atoms with Crippen molar-refractivity contribution in [1.29, 1.82) is 0 Å². The molecule has 1 saturated heterocycles. The first kappa shape index (κ1) is 11.9. The summed E-state index contributed by atoms with van der Waals surface area (Å²) in [5.74, 6) is 0. The van der Waals surface area contributed by atoms with E-state index in [0.717, 1.165) is 19.4 Å². The fourth-order valence-electron chi connectivity index (χ4n) is 2.34. The average molecular weight is 262 g/mol. The van der Waals surface area contributed by atoms with Crippen molar-refractivity contribution in [3.63, 3.8) is 0 Å². The molecular weight excluding hydrogens is 248 g/mol. The zero-order valence-corrected chi connectivity index (χ0v) is 10.3. The number of oxazole rings is 1. The summed E-state index contributed by atoms with van der Waals surface area (Å²) >= 11 is 0. The van der Waals surface area contributed by atoms with Gasteiger partial charge in [-0.3, -0.25) is 10.1 Å². The van der Waals surface area contributed by atoms with Gasteiger partial charge in [-0.05, 0) is 18.9 Å². The van der Waals surface area contributed by atoms with Crippen molar-refractivity contribution in [2.24, 2.45) is 5.73 Å². The molecule has 7 heteroatoms. The average Bonchev–Trinajstić information content (AvgIpc) is 2.81. The Morgan fingerprint density at radius 3 is 3.11 bits per heavy atom. The molecule has 0 unspecified atom stereocenters. The number of nitrogens with zero attached hydrogens (tertiary/aromatic N) is 3. The van der Waals surface area contributed by atoms with Crippen molar-refractivity contribution in [2.45, 2.75) is 18.9 Å². The lowest BCUT2D eigenvalue weighted by atomic mass is 10.1. The monoisotopic (exact) mass is 262 g/mol. The molecule has 1 fully saturated rings. The van der Waals surface area contributed by atoms with Gasteiger partial charge in [0.15, 0.2) is 5.58 Å². The number of fused-ring (bicyclic) bond motifs is 1. The Kier molecular flexibility index (Phi) is 2.83. The van der Waals surface area contributed by atoms with E-state index < -0.39 is 4.92 Å². The highest BCUT2D eigenvalue weighted by atomic mass is 16.6. The third-order valence-electron chi connectivity index (χ3n) is 3.30. The van der Waals surface area contributed by atoms with Crippen LogP contribution in [0.1, 0.15) is 12.8 Å². The number of rotatable bonds is 2. The van der Waals surface area contributed by atoms with Crippen LogP contribution >= 0.6 is 0 Å². The van der Waals surface area contributed by atoms with E-state index in [1.165, 1.54) is 12.1 Å². The molecule has 0 saturated carbocycles. The van der Waals surface area contributed by atoms with E-state index in [2.05, 4.69) is 4.98 Å². The van der Waals surface area contributed by atoms with Crippen LogP contribution in [0.3, 0.4) is 0 Å². The second-order valence-electron chi connectivity index (χ2n) is 4.75. The molecule has 100 valence electrons. The Morgan fingerprint density at radius 2 is 2.37 bits per heavy atom. The van der Waals surface area contributed by atoms with Gasteiger partial charge in [0.25, 0.3) is 11.7 Å². The predicted molar refractivity (Wildman–Crippen MR) is 70.1 cm³/mol. The molecule has 1 aliphatic heterocycles. The summed E-state index contributed by atoms with van der Waals surface area (Å²) in [6.07, 6.45) is 2.00. The largest absolute Gasteiger partial charge is 0.423 e. The Balaban J connectivity index is 1.94. The van der Waals surface area contributed by atoms with Gasteiger partial charge >= 0.3 is 0 Å². The quantitative estimate of drug-likeness (QED) is 0.652. The molecule has 2 aromatic rings. The molecule has 0 radical (unpaired) electrons. The fourth-order valence-corrected chi connectivity index (χ4v) is 2.34. The molecule has 0 spiro atoms. The molecule has 2 N–H and O–H groups in total. The summed E-state index contributed by atoms with van der Waals surface area (Å²) in [7, 11) is 0. The zero-order valence-electron chi connectivity index (χ0n) is 10.3. The van der Waals surface area contributed by atoms with Crippen molar-refractivity contribution >= 4 is 22.8 Å². The van der Waals surface area contributed by atoms with Crippen LogP contribution in [0.15, 0.2) is 22.6 Å². The van der Waals surface area contributed by atoms with Crippen LogP contribution in [-0.4, -0.2) is 29.0 Å². The summed E-state index contributed by atoms with van der Waals surface area (Å²) in [5.41, 5.74) is 6.99. The van der Waals surface area contributed by atoms with E-state index in [1.54, 1.807) is 6.07 Å². The minimum Gasteiger partial charge on any atom is -0.423 e. The lowest BCUT2D eigenvalue weighted by Crippen LogP contribution is -2.42. The van der Waals surface area contributed by atoms with Gasteiger partial charge in [0.1, 0.15) is 5.52 Å². The zero-order chi connectivity index (χ0) is 13.4. The molecule has 1 atom stereocenters. The Bertz CT molecular complexity index is 624. The van der Waals surface area contributed by atoms with Crippen LogP contribution in [0.5, 0.6) is 0 Å². The number of nitro benzene ring substituents is 1. The fraction of sp³-hybridized carbons (Fsp3) is 0.417. The van der Waals surface area contributed by atoms with E-state index in [9.17, 15) is 10.1 Å². The van der Waals surface area contributed by atoms with Gasteiger partial charge in [-0.1, -0.05) is 0 Å². The Morgan fingerprint density at radius 1 is 1.53 bits per heavy atom. The third-order valence-corrected chi connectivity index (χ3v) is 3.30. The van der Waals surface area contributed by atoms with Gasteiger partial charge in [0.2, 0.25) is 0 Å². The van der Waals surface area contributed by atoms with Crippen molar-refractivity contribution in [1.82, 2.24) is 4.98 Å². The summed E-state index contributed by atoms with van der Waals surface area (Å²) in [6.45, 7) is 1.55. The normalized spacial score (nSPS) is 19.8. The predicted octanol–water partition coefficient (Wildman–Crippen LogP) is 1.66. The lowest BCUT2D eigenvalue weighted by molar-refractivity contribution is -0.384. The Labute approximate surface area is 109 Å². The van der Waals surface area contributed by atoms with Crippen LogP contribution in [0, 0.1) is 10.1 Å². The highest BCUT2D eigenvalue weighted by Gasteiger charge is 2.21. The van der Waals surface area contributed by atoms with Crippen LogP contribution in [0.2, 0.25) is 0 Å². The summed E-state index contributed by atoms with van der Waals surface area (Å²) in [6, 6.07) is 5.03. The van der Waals surface area contributed by atoms with Crippen molar-refractivity contribution < 1.29 is 9.34 Å². The number of nitrogens with two attached hydrogens (primary N) is 1. The van der Waals surface area contributed by atoms with E-state index in [1.807, 2.05) is 4.90 Å². The van der Waals surface area contributed by atoms with Crippen molar-refractivity contribution in [2.75, 3.05) is 18.0 Å². The molecule has 0 bridgehead atoms. The van der Waals surface area contributed by atoms with Crippen LogP contribution < -0.4 is 10.6 Å². The molecule has 0 amide bonds. The number of piperidine rings is 1. The topological polar surface area (TPSA) is 98.4 Å². The number of aromatic nitrogens is 1. The number of benzene rings is 1. The van der Waals surface area contributed by atoms with Gasteiger partial charge in [-0.15, -0.1) is 0 Å². The van der Waals surface area contributed by atoms with E-state index in [4.69, 9.17) is 10.2 Å². The molecule has 7 nitrogen and oxygen atoms in total. The van der Waals surface area contributed by atoms with Crippen LogP contribution in [0.4, 0.5) is 11.7 Å². The second kappa shape index (κ2) is 4.51. The molecule has 1 aromatic heterocycles. The van der Waals surface area contributed by atoms with Crippen molar-refractivity contribution in [3.8, 4) is 0 Å².